The summed E-state index contributed by atoms with van der Waals surface area (Å²) in [5.41, 5.74) is -1.46. The SMILES string of the molecule is CC(C)(C)OC(=O)CN1CCCC1(C)C(=O)O. The predicted molar refractivity (Wildman–Crippen MR) is 62.7 cm³/mol. The molecule has 17 heavy (non-hydrogen) atoms. The molecule has 1 unspecified atom stereocenters. The maximum Gasteiger partial charge on any atom is 0.323 e. The van der Waals surface area contributed by atoms with Gasteiger partial charge in [0.15, 0.2) is 0 Å². The number of carbonyl (C=O) groups excluding carboxylic acids is 1. The van der Waals surface area contributed by atoms with Gasteiger partial charge in [0, 0.05) is 0 Å². The minimum absolute atomic E-state index is 0.0417. The lowest BCUT2D eigenvalue weighted by atomic mass is 9.99. The number of likely N-dealkylation sites (tertiary alicyclic amines) is 1. The second-order valence-corrected chi connectivity index (χ2v) is 5.69. The molecule has 1 aliphatic rings. The summed E-state index contributed by atoms with van der Waals surface area (Å²) in [7, 11) is 0. The molecule has 5 heteroatoms. The van der Waals surface area contributed by atoms with Gasteiger partial charge in [0.25, 0.3) is 0 Å². The summed E-state index contributed by atoms with van der Waals surface area (Å²) in [5.74, 6) is -1.24. The molecular formula is C12H21NO4. The lowest BCUT2D eigenvalue weighted by molar-refractivity contribution is -0.159. The number of hydrogen-bond donors (Lipinski definition) is 1. The Morgan fingerprint density at radius 2 is 2.00 bits per heavy atom. The van der Waals surface area contributed by atoms with E-state index in [4.69, 9.17) is 4.74 Å². The van der Waals surface area contributed by atoms with Crippen LogP contribution in [0, 0.1) is 0 Å². The Bertz CT molecular complexity index is 321. The number of rotatable bonds is 3. The van der Waals surface area contributed by atoms with Crippen molar-refractivity contribution in [2.75, 3.05) is 13.1 Å². The second-order valence-electron chi connectivity index (χ2n) is 5.69. The maximum absolute atomic E-state index is 11.7. The second kappa shape index (κ2) is 4.64. The van der Waals surface area contributed by atoms with Crippen molar-refractivity contribution in [1.29, 1.82) is 0 Å². The molecule has 1 N–H and O–H groups in total. The van der Waals surface area contributed by atoms with Crippen molar-refractivity contribution in [3.63, 3.8) is 0 Å². The van der Waals surface area contributed by atoms with Crippen LogP contribution in [0.2, 0.25) is 0 Å². The summed E-state index contributed by atoms with van der Waals surface area (Å²) in [6, 6.07) is 0. The Morgan fingerprint density at radius 3 is 2.47 bits per heavy atom. The molecule has 0 spiro atoms. The first-order valence-electron chi connectivity index (χ1n) is 5.85. The molecule has 0 amide bonds. The zero-order valence-corrected chi connectivity index (χ0v) is 10.9. The monoisotopic (exact) mass is 243 g/mol. The number of ether oxygens (including phenoxy) is 1. The molecule has 1 saturated heterocycles. The van der Waals surface area contributed by atoms with Gasteiger partial charge in [0.05, 0.1) is 6.54 Å². The van der Waals surface area contributed by atoms with Crippen LogP contribution in [0.15, 0.2) is 0 Å². The Labute approximate surface area is 102 Å². The lowest BCUT2D eigenvalue weighted by Crippen LogP contribution is -2.50. The van der Waals surface area contributed by atoms with E-state index in [-0.39, 0.29) is 12.5 Å². The largest absolute Gasteiger partial charge is 0.480 e. The minimum atomic E-state index is -0.934. The Hall–Kier alpha value is -1.10. The van der Waals surface area contributed by atoms with Gasteiger partial charge in [-0.25, -0.2) is 0 Å². The van der Waals surface area contributed by atoms with Crippen LogP contribution in [0.25, 0.3) is 0 Å². The number of carboxylic acid groups (broad SMARTS) is 1. The van der Waals surface area contributed by atoms with E-state index in [9.17, 15) is 14.7 Å². The van der Waals surface area contributed by atoms with Crippen LogP contribution in [-0.4, -0.2) is 46.2 Å². The third-order valence-corrected chi connectivity index (χ3v) is 2.99. The molecule has 0 radical (unpaired) electrons. The van der Waals surface area contributed by atoms with E-state index in [2.05, 4.69) is 0 Å². The summed E-state index contributed by atoms with van der Waals surface area (Å²) in [6.45, 7) is 7.72. The van der Waals surface area contributed by atoms with Gasteiger partial charge < -0.3 is 9.84 Å². The van der Waals surface area contributed by atoms with E-state index >= 15 is 0 Å². The molecule has 0 aromatic carbocycles. The zero-order chi connectivity index (χ0) is 13.3. The third-order valence-electron chi connectivity index (χ3n) is 2.99. The zero-order valence-electron chi connectivity index (χ0n) is 10.9. The van der Waals surface area contributed by atoms with Crippen LogP contribution in [0.1, 0.15) is 40.5 Å². The molecule has 1 fully saturated rings. The first-order valence-corrected chi connectivity index (χ1v) is 5.85. The van der Waals surface area contributed by atoms with E-state index < -0.39 is 17.1 Å². The lowest BCUT2D eigenvalue weighted by Gasteiger charge is -2.31. The fourth-order valence-corrected chi connectivity index (χ4v) is 2.04. The van der Waals surface area contributed by atoms with Crippen molar-refractivity contribution in [1.82, 2.24) is 4.90 Å². The van der Waals surface area contributed by atoms with Gasteiger partial charge in [-0.1, -0.05) is 0 Å². The van der Waals surface area contributed by atoms with Crippen LogP contribution in [0.3, 0.4) is 0 Å². The Kier molecular flexibility index (Phi) is 3.81. The molecule has 1 atom stereocenters. The average molecular weight is 243 g/mol. The van der Waals surface area contributed by atoms with E-state index in [0.29, 0.717) is 13.0 Å². The molecule has 5 nitrogen and oxygen atoms in total. The van der Waals surface area contributed by atoms with Gasteiger partial charge in [0.1, 0.15) is 11.1 Å². The van der Waals surface area contributed by atoms with Crippen LogP contribution in [-0.2, 0) is 14.3 Å². The standard InChI is InChI=1S/C12H21NO4/c1-11(2,3)17-9(14)8-13-7-5-6-12(13,4)10(15)16/h5-8H2,1-4H3,(H,15,16). The number of aliphatic carboxylic acids is 1. The van der Waals surface area contributed by atoms with Crippen LogP contribution in [0.4, 0.5) is 0 Å². The fourth-order valence-electron chi connectivity index (χ4n) is 2.04. The van der Waals surface area contributed by atoms with Crippen LogP contribution in [0.5, 0.6) is 0 Å². The van der Waals surface area contributed by atoms with Gasteiger partial charge in [-0.3, -0.25) is 14.5 Å². The highest BCUT2D eigenvalue weighted by molar-refractivity contribution is 5.80. The molecule has 0 aromatic heterocycles. The normalized spacial score (nSPS) is 25.9. The summed E-state index contributed by atoms with van der Waals surface area (Å²) in [5, 5.41) is 9.19. The highest BCUT2D eigenvalue weighted by Gasteiger charge is 2.44. The first-order chi connectivity index (χ1) is 7.65. The number of carboxylic acids is 1. The molecule has 1 rings (SSSR count). The molecular weight excluding hydrogens is 222 g/mol. The predicted octanol–water partition coefficient (Wildman–Crippen LogP) is 1.27. The molecule has 0 bridgehead atoms. The highest BCUT2D eigenvalue weighted by atomic mass is 16.6. The Balaban J connectivity index is 2.63. The number of hydrogen-bond acceptors (Lipinski definition) is 4. The van der Waals surface area contributed by atoms with Gasteiger partial charge in [0.2, 0.25) is 0 Å². The number of nitrogens with zero attached hydrogens (tertiary/aromatic N) is 1. The van der Waals surface area contributed by atoms with E-state index in [1.807, 2.05) is 0 Å². The van der Waals surface area contributed by atoms with E-state index in [0.717, 1.165) is 6.42 Å². The number of esters is 1. The molecule has 1 aliphatic heterocycles. The van der Waals surface area contributed by atoms with Gasteiger partial charge in [-0.2, -0.15) is 0 Å². The number of carbonyl (C=O) groups is 2. The van der Waals surface area contributed by atoms with Crippen molar-refractivity contribution in [3.05, 3.63) is 0 Å². The van der Waals surface area contributed by atoms with Crippen molar-refractivity contribution in [2.24, 2.45) is 0 Å². The summed E-state index contributed by atoms with van der Waals surface area (Å²) >= 11 is 0. The molecule has 0 saturated carbocycles. The van der Waals surface area contributed by atoms with Gasteiger partial charge >= 0.3 is 11.9 Å². The fraction of sp³-hybridized carbons (Fsp3) is 0.833. The summed E-state index contributed by atoms with van der Waals surface area (Å²) in [4.78, 5) is 24.6. The van der Waals surface area contributed by atoms with Crippen molar-refractivity contribution >= 4 is 11.9 Å². The first kappa shape index (κ1) is 14.0. The van der Waals surface area contributed by atoms with Crippen molar-refractivity contribution in [3.8, 4) is 0 Å². The molecule has 0 aromatic rings. The summed E-state index contributed by atoms with van der Waals surface area (Å²) < 4.78 is 5.20. The smallest absolute Gasteiger partial charge is 0.323 e. The third kappa shape index (κ3) is 3.43. The van der Waals surface area contributed by atoms with Crippen molar-refractivity contribution < 1.29 is 19.4 Å². The van der Waals surface area contributed by atoms with E-state index in [1.54, 1.807) is 32.6 Å². The minimum Gasteiger partial charge on any atom is -0.480 e. The van der Waals surface area contributed by atoms with Crippen LogP contribution < -0.4 is 0 Å². The highest BCUT2D eigenvalue weighted by Crippen LogP contribution is 2.29. The van der Waals surface area contributed by atoms with Crippen molar-refractivity contribution in [2.45, 2.75) is 51.7 Å². The maximum atomic E-state index is 11.7. The Morgan fingerprint density at radius 1 is 1.41 bits per heavy atom. The topological polar surface area (TPSA) is 66.8 Å². The van der Waals surface area contributed by atoms with Crippen LogP contribution >= 0.6 is 0 Å². The average Bonchev–Trinajstić information content (AvgIpc) is 2.45. The quantitative estimate of drug-likeness (QED) is 0.756. The molecule has 0 aliphatic carbocycles. The van der Waals surface area contributed by atoms with E-state index in [1.165, 1.54) is 0 Å². The molecule has 1 heterocycles. The molecule has 98 valence electrons. The summed E-state index contributed by atoms with van der Waals surface area (Å²) in [6.07, 6.45) is 1.37. The van der Waals surface area contributed by atoms with Gasteiger partial charge in [-0.15, -0.1) is 0 Å². The van der Waals surface area contributed by atoms with Gasteiger partial charge in [-0.05, 0) is 47.1 Å².